The van der Waals surface area contributed by atoms with E-state index in [2.05, 4.69) is 26.8 Å². The van der Waals surface area contributed by atoms with Gasteiger partial charge in [-0.05, 0) is 44.5 Å². The van der Waals surface area contributed by atoms with Crippen LogP contribution in [0.5, 0.6) is 0 Å². The maximum Gasteiger partial charge on any atom is 0.255 e. The molecule has 2 amide bonds. The lowest BCUT2D eigenvalue weighted by molar-refractivity contribution is -0.135. The summed E-state index contributed by atoms with van der Waals surface area (Å²) >= 11 is 0. The fourth-order valence-electron chi connectivity index (χ4n) is 4.00. The van der Waals surface area contributed by atoms with E-state index in [1.54, 1.807) is 21.5 Å². The number of aliphatic hydroxyl groups is 1. The van der Waals surface area contributed by atoms with Crippen molar-refractivity contribution in [3.8, 4) is 17.5 Å². The second kappa shape index (κ2) is 9.91. The van der Waals surface area contributed by atoms with E-state index in [9.17, 15) is 19.1 Å². The molecule has 3 aromatic heterocycles. The van der Waals surface area contributed by atoms with E-state index in [1.165, 1.54) is 33.2 Å². The zero-order chi connectivity index (χ0) is 26.0. The number of likely N-dealkylation sites (tertiary alicyclic amines) is 1. The number of alkyl halides is 1. The molecule has 11 heteroatoms. The van der Waals surface area contributed by atoms with Crippen molar-refractivity contribution in [1.82, 2.24) is 24.8 Å². The van der Waals surface area contributed by atoms with Gasteiger partial charge in [-0.25, -0.2) is 8.91 Å². The first-order valence-corrected chi connectivity index (χ1v) is 11.6. The van der Waals surface area contributed by atoms with Gasteiger partial charge in [0.2, 0.25) is 5.91 Å². The Morgan fingerprint density at radius 2 is 2.11 bits per heavy atom. The predicted octanol–water partition coefficient (Wildman–Crippen LogP) is 2.14. The van der Waals surface area contributed by atoms with Crippen LogP contribution < -0.4 is 10.6 Å². The van der Waals surface area contributed by atoms with Gasteiger partial charge in [0.15, 0.2) is 0 Å². The highest BCUT2D eigenvalue weighted by atomic mass is 19.1. The lowest BCUT2D eigenvalue weighted by atomic mass is 10.0. The summed E-state index contributed by atoms with van der Waals surface area (Å²) < 4.78 is 15.8. The highest BCUT2D eigenvalue weighted by Gasteiger charge is 2.30. The summed E-state index contributed by atoms with van der Waals surface area (Å²) in [6.45, 7) is 4.95. The van der Waals surface area contributed by atoms with Gasteiger partial charge in [0.25, 0.3) is 5.91 Å². The first-order valence-electron chi connectivity index (χ1n) is 11.6. The summed E-state index contributed by atoms with van der Waals surface area (Å²) in [4.78, 5) is 30.9. The van der Waals surface area contributed by atoms with Gasteiger partial charge < -0.3 is 20.6 Å². The van der Waals surface area contributed by atoms with Crippen molar-refractivity contribution >= 4 is 23.0 Å². The van der Waals surface area contributed by atoms with Gasteiger partial charge >= 0.3 is 0 Å². The van der Waals surface area contributed by atoms with Crippen LogP contribution in [0.4, 0.5) is 10.1 Å². The van der Waals surface area contributed by atoms with Crippen molar-refractivity contribution in [2.75, 3.05) is 25.0 Å². The second-order valence-corrected chi connectivity index (χ2v) is 9.39. The molecular formula is C25H28FN7O3. The number of halogens is 1. The van der Waals surface area contributed by atoms with E-state index in [0.717, 1.165) is 6.42 Å². The average molecular weight is 494 g/mol. The lowest BCUT2D eigenvalue weighted by Crippen LogP contribution is -2.53. The Morgan fingerprint density at radius 3 is 2.75 bits per heavy atom. The summed E-state index contributed by atoms with van der Waals surface area (Å²) in [5.74, 6) is -0.554. The molecular weight excluding hydrogens is 465 g/mol. The summed E-state index contributed by atoms with van der Waals surface area (Å²) in [6.07, 6.45) is 2.05. The minimum Gasteiger partial charge on any atom is -0.387 e. The molecule has 0 saturated carbocycles. The first kappa shape index (κ1) is 25.1. The van der Waals surface area contributed by atoms with Crippen LogP contribution in [0.3, 0.4) is 0 Å². The van der Waals surface area contributed by atoms with E-state index < -0.39 is 17.7 Å². The van der Waals surface area contributed by atoms with Gasteiger partial charge in [0.05, 0.1) is 58.1 Å². The minimum absolute atomic E-state index is 0.000589. The maximum atomic E-state index is 14.2. The largest absolute Gasteiger partial charge is 0.387 e. The summed E-state index contributed by atoms with van der Waals surface area (Å²) in [5, 5.41) is 29.0. The molecule has 2 atom stereocenters. The van der Waals surface area contributed by atoms with E-state index in [0.29, 0.717) is 41.2 Å². The van der Waals surface area contributed by atoms with Crippen LogP contribution in [0.2, 0.25) is 0 Å². The minimum atomic E-state index is -1.65. The molecule has 10 nitrogen and oxygen atoms in total. The van der Waals surface area contributed by atoms with Crippen LogP contribution in [-0.2, 0) is 4.79 Å². The number of fused-ring (bicyclic) bond motifs is 1. The third-order valence-electron chi connectivity index (χ3n) is 6.33. The average Bonchev–Trinajstić information content (AvgIpc) is 3.23. The monoisotopic (exact) mass is 493 g/mol. The lowest BCUT2D eigenvalue weighted by Gasteiger charge is -2.40. The van der Waals surface area contributed by atoms with Gasteiger partial charge in [-0.2, -0.15) is 10.4 Å². The molecule has 4 rings (SSSR count). The van der Waals surface area contributed by atoms with Gasteiger partial charge in [0, 0.05) is 26.2 Å². The number of aromatic nitrogens is 3. The summed E-state index contributed by atoms with van der Waals surface area (Å²) in [5.41, 5.74) is 1.42. The Balaban J connectivity index is 1.63. The molecule has 3 aromatic rings. The SMILES string of the molecule is CC(=O)N1CCC1CNc1cc(-c2ccc3cc(C#N)cnn23)ncc1C(=O)NCC(F)C(C)(C)O. The topological polar surface area (TPSA) is 136 Å². The fraction of sp³-hybridized carbons (Fsp3) is 0.400. The van der Waals surface area contributed by atoms with Crippen LogP contribution in [0.25, 0.3) is 16.9 Å². The molecule has 0 radical (unpaired) electrons. The summed E-state index contributed by atoms with van der Waals surface area (Å²) in [7, 11) is 0. The Hall–Kier alpha value is -4.04. The fourth-order valence-corrected chi connectivity index (χ4v) is 4.00. The van der Waals surface area contributed by atoms with Crippen molar-refractivity contribution in [2.24, 2.45) is 0 Å². The maximum absolute atomic E-state index is 14.2. The van der Waals surface area contributed by atoms with Crippen molar-refractivity contribution in [1.29, 1.82) is 5.26 Å². The number of amides is 2. The van der Waals surface area contributed by atoms with Crippen molar-refractivity contribution in [3.05, 3.63) is 47.8 Å². The van der Waals surface area contributed by atoms with Crippen molar-refractivity contribution in [3.63, 3.8) is 0 Å². The van der Waals surface area contributed by atoms with Gasteiger partial charge in [0.1, 0.15) is 12.2 Å². The molecule has 2 unspecified atom stereocenters. The molecule has 1 aliphatic rings. The number of nitrogens with one attached hydrogen (secondary N) is 2. The van der Waals surface area contributed by atoms with Crippen LogP contribution in [0, 0.1) is 11.3 Å². The Bertz CT molecular complexity index is 1340. The molecule has 188 valence electrons. The van der Waals surface area contributed by atoms with E-state index in [4.69, 9.17) is 5.26 Å². The van der Waals surface area contributed by atoms with Gasteiger partial charge in [-0.1, -0.05) is 0 Å². The van der Waals surface area contributed by atoms with Gasteiger partial charge in [-0.15, -0.1) is 0 Å². The molecule has 4 heterocycles. The second-order valence-electron chi connectivity index (χ2n) is 9.39. The van der Waals surface area contributed by atoms with Gasteiger partial charge in [-0.3, -0.25) is 14.6 Å². The number of nitriles is 1. The van der Waals surface area contributed by atoms with Crippen LogP contribution in [-0.4, -0.2) is 73.9 Å². The predicted molar refractivity (Wildman–Crippen MR) is 131 cm³/mol. The molecule has 3 N–H and O–H groups in total. The molecule has 1 aliphatic heterocycles. The first-order chi connectivity index (χ1) is 17.1. The zero-order valence-corrected chi connectivity index (χ0v) is 20.3. The number of rotatable bonds is 8. The van der Waals surface area contributed by atoms with Crippen LogP contribution in [0.1, 0.15) is 43.1 Å². The molecule has 1 fully saturated rings. The normalized spacial score (nSPS) is 16.2. The van der Waals surface area contributed by atoms with E-state index in [-0.39, 0.29) is 24.1 Å². The van der Waals surface area contributed by atoms with Crippen LogP contribution >= 0.6 is 0 Å². The number of anilines is 1. The standard InChI is InChI=1S/C25H28FN7O3/c1-15(34)32-7-6-18(32)12-28-20-9-21(22-5-4-17-8-16(10-27)11-31-33(17)22)29-13-19(20)24(35)30-14-23(26)25(2,3)36/h4-5,8-9,11,13,18,23,36H,6-7,12,14H2,1-3H3,(H,28,29)(H,30,35). The molecule has 0 bridgehead atoms. The molecule has 0 aromatic carbocycles. The quantitative estimate of drug-likeness (QED) is 0.437. The zero-order valence-electron chi connectivity index (χ0n) is 20.3. The van der Waals surface area contributed by atoms with E-state index >= 15 is 0 Å². The van der Waals surface area contributed by atoms with Crippen molar-refractivity contribution < 1.29 is 19.1 Å². The highest BCUT2D eigenvalue weighted by molar-refractivity contribution is 6.00. The Labute approximate surface area is 207 Å². The summed E-state index contributed by atoms with van der Waals surface area (Å²) in [6, 6.07) is 9.10. The number of carbonyl (C=O) groups excluding carboxylic acids is 2. The number of carbonyl (C=O) groups is 2. The number of hydrogen-bond donors (Lipinski definition) is 3. The van der Waals surface area contributed by atoms with Crippen molar-refractivity contribution in [2.45, 2.75) is 45.0 Å². The number of hydrogen-bond acceptors (Lipinski definition) is 7. The highest BCUT2D eigenvalue weighted by Crippen LogP contribution is 2.27. The molecule has 1 saturated heterocycles. The Morgan fingerprint density at radius 1 is 1.33 bits per heavy atom. The van der Waals surface area contributed by atoms with E-state index in [1.807, 2.05) is 12.1 Å². The molecule has 36 heavy (non-hydrogen) atoms. The smallest absolute Gasteiger partial charge is 0.255 e. The van der Waals surface area contributed by atoms with Crippen LogP contribution in [0.15, 0.2) is 36.7 Å². The number of nitrogens with zero attached hydrogens (tertiary/aromatic N) is 5. The third-order valence-corrected chi connectivity index (χ3v) is 6.33. The number of pyridine rings is 1. The molecule has 0 aliphatic carbocycles. The third kappa shape index (κ3) is 5.13. The molecule has 0 spiro atoms. The Kier molecular flexibility index (Phi) is 6.90.